The van der Waals surface area contributed by atoms with Crippen LogP contribution in [0.1, 0.15) is 36.7 Å². The highest BCUT2D eigenvalue weighted by Gasteiger charge is 2.29. The second kappa shape index (κ2) is 8.39. The van der Waals surface area contributed by atoms with Gasteiger partial charge < -0.3 is 24.5 Å². The zero-order valence-electron chi connectivity index (χ0n) is 17.3. The number of carbonyl (C=O) groups is 1. The maximum absolute atomic E-state index is 13.4. The third kappa shape index (κ3) is 4.36. The fraction of sp³-hybridized carbons (Fsp3) is 0.455. The van der Waals surface area contributed by atoms with Crippen molar-refractivity contribution in [2.45, 2.75) is 32.3 Å². The summed E-state index contributed by atoms with van der Waals surface area (Å²) in [5, 5.41) is 9.41. The lowest BCUT2D eigenvalue weighted by Crippen LogP contribution is -2.47. The number of ether oxygens (including phenoxy) is 2. The first-order valence-corrected chi connectivity index (χ1v) is 9.68. The minimum Gasteiger partial charge on any atom is -0.496 e. The van der Waals surface area contributed by atoms with Gasteiger partial charge in [-0.3, -0.25) is 9.59 Å². The number of methoxy groups -OCH3 is 1. The van der Waals surface area contributed by atoms with Crippen molar-refractivity contribution < 1.29 is 19.4 Å². The first-order chi connectivity index (χ1) is 13.8. The van der Waals surface area contributed by atoms with Gasteiger partial charge in [-0.25, -0.2) is 0 Å². The summed E-state index contributed by atoms with van der Waals surface area (Å²) in [5.41, 5.74) is 1.78. The SMILES string of the molecule is COc1cc(C(=O)N2CCOC(CO)C2)c(-c2ccc[nH]c2=O)cc1C(C)(C)C. The number of aliphatic hydroxyl groups excluding tert-OH is 1. The van der Waals surface area contributed by atoms with Crippen LogP contribution in [0, 0.1) is 0 Å². The topological polar surface area (TPSA) is 91.9 Å². The minimum atomic E-state index is -0.410. The van der Waals surface area contributed by atoms with Crippen LogP contribution in [0.3, 0.4) is 0 Å². The van der Waals surface area contributed by atoms with Crippen LogP contribution in [0.2, 0.25) is 0 Å². The maximum atomic E-state index is 13.4. The highest BCUT2D eigenvalue weighted by Crippen LogP contribution is 2.37. The smallest absolute Gasteiger partial charge is 0.255 e. The predicted octanol–water partition coefficient (Wildman–Crippen LogP) is 2.18. The van der Waals surface area contributed by atoms with Crippen LogP contribution in [0.5, 0.6) is 5.75 Å². The molecule has 1 saturated heterocycles. The summed E-state index contributed by atoms with van der Waals surface area (Å²) in [5.74, 6) is 0.382. The van der Waals surface area contributed by atoms with Crippen LogP contribution in [-0.2, 0) is 10.2 Å². The van der Waals surface area contributed by atoms with Crippen LogP contribution < -0.4 is 10.3 Å². The Morgan fingerprint density at radius 2 is 2.10 bits per heavy atom. The number of H-pyrrole nitrogens is 1. The molecule has 0 aliphatic carbocycles. The number of nitrogens with one attached hydrogen (secondary N) is 1. The molecule has 2 N–H and O–H groups in total. The zero-order valence-corrected chi connectivity index (χ0v) is 17.3. The molecule has 2 aromatic rings. The van der Waals surface area contributed by atoms with Gasteiger partial charge in [0.1, 0.15) is 5.75 Å². The largest absolute Gasteiger partial charge is 0.496 e. The molecule has 156 valence electrons. The summed E-state index contributed by atoms with van der Waals surface area (Å²) in [6.45, 7) is 7.08. The van der Waals surface area contributed by atoms with Crippen molar-refractivity contribution in [1.82, 2.24) is 9.88 Å². The van der Waals surface area contributed by atoms with Gasteiger partial charge in [0.05, 0.1) is 32.0 Å². The fourth-order valence-electron chi connectivity index (χ4n) is 3.55. The molecule has 1 aromatic carbocycles. The van der Waals surface area contributed by atoms with Gasteiger partial charge in [0.2, 0.25) is 0 Å². The van der Waals surface area contributed by atoms with Gasteiger partial charge in [-0.15, -0.1) is 0 Å². The van der Waals surface area contributed by atoms with E-state index in [0.717, 1.165) is 5.56 Å². The summed E-state index contributed by atoms with van der Waals surface area (Å²) in [6.07, 6.45) is 1.15. The average molecular weight is 400 g/mol. The summed E-state index contributed by atoms with van der Waals surface area (Å²) in [6, 6.07) is 7.04. The number of aromatic nitrogens is 1. The normalized spacial score (nSPS) is 17.3. The van der Waals surface area contributed by atoms with Gasteiger partial charge in [-0.1, -0.05) is 20.8 Å². The number of hydrogen-bond donors (Lipinski definition) is 2. The highest BCUT2D eigenvalue weighted by molar-refractivity contribution is 6.01. The molecule has 0 bridgehead atoms. The Hall–Kier alpha value is -2.64. The molecule has 7 heteroatoms. The number of aromatic amines is 1. The van der Waals surface area contributed by atoms with Crippen molar-refractivity contribution in [3.8, 4) is 16.9 Å². The Morgan fingerprint density at radius 3 is 2.72 bits per heavy atom. The molecule has 1 aliphatic heterocycles. The number of morpholine rings is 1. The van der Waals surface area contributed by atoms with E-state index in [0.29, 0.717) is 42.1 Å². The Labute approximate surface area is 170 Å². The average Bonchev–Trinajstić information content (AvgIpc) is 2.72. The molecule has 1 fully saturated rings. The number of benzene rings is 1. The van der Waals surface area contributed by atoms with Gasteiger partial charge in [-0.2, -0.15) is 0 Å². The lowest BCUT2D eigenvalue weighted by molar-refractivity contribution is -0.0447. The number of aliphatic hydroxyl groups is 1. The summed E-state index contributed by atoms with van der Waals surface area (Å²) < 4.78 is 11.1. The second-order valence-electron chi connectivity index (χ2n) is 8.19. The van der Waals surface area contributed by atoms with Crippen molar-refractivity contribution in [3.63, 3.8) is 0 Å². The molecule has 1 aliphatic rings. The van der Waals surface area contributed by atoms with Crippen molar-refractivity contribution >= 4 is 5.91 Å². The van der Waals surface area contributed by atoms with Gasteiger partial charge in [0.25, 0.3) is 11.5 Å². The van der Waals surface area contributed by atoms with E-state index in [2.05, 4.69) is 25.8 Å². The molecule has 0 saturated carbocycles. The summed E-state index contributed by atoms with van der Waals surface area (Å²) >= 11 is 0. The first kappa shape index (κ1) is 21.1. The van der Waals surface area contributed by atoms with Crippen molar-refractivity contribution in [2.24, 2.45) is 0 Å². The molecule has 29 heavy (non-hydrogen) atoms. The molecular weight excluding hydrogens is 372 g/mol. The molecule has 2 heterocycles. The van der Waals surface area contributed by atoms with Gasteiger partial charge in [0, 0.05) is 36.0 Å². The van der Waals surface area contributed by atoms with E-state index in [1.807, 2.05) is 6.07 Å². The number of hydrogen-bond acceptors (Lipinski definition) is 5. The first-order valence-electron chi connectivity index (χ1n) is 9.68. The fourth-order valence-corrected chi connectivity index (χ4v) is 3.55. The molecular formula is C22H28N2O5. The maximum Gasteiger partial charge on any atom is 0.255 e. The number of rotatable bonds is 4. The lowest BCUT2D eigenvalue weighted by Gasteiger charge is -2.33. The summed E-state index contributed by atoms with van der Waals surface area (Å²) in [4.78, 5) is 30.3. The molecule has 1 amide bonds. The van der Waals surface area contributed by atoms with E-state index in [1.54, 1.807) is 36.4 Å². The van der Waals surface area contributed by atoms with E-state index >= 15 is 0 Å². The highest BCUT2D eigenvalue weighted by atomic mass is 16.5. The second-order valence-corrected chi connectivity index (χ2v) is 8.19. The quantitative estimate of drug-likeness (QED) is 0.821. The molecule has 1 unspecified atom stereocenters. The number of pyridine rings is 1. The Morgan fingerprint density at radius 1 is 1.34 bits per heavy atom. The molecule has 0 radical (unpaired) electrons. The third-order valence-electron chi connectivity index (χ3n) is 5.12. The van der Waals surface area contributed by atoms with Crippen molar-refractivity contribution in [2.75, 3.05) is 33.4 Å². The third-order valence-corrected chi connectivity index (χ3v) is 5.12. The van der Waals surface area contributed by atoms with Gasteiger partial charge >= 0.3 is 0 Å². The van der Waals surface area contributed by atoms with Crippen LogP contribution >= 0.6 is 0 Å². The van der Waals surface area contributed by atoms with E-state index < -0.39 is 6.10 Å². The van der Waals surface area contributed by atoms with Crippen molar-refractivity contribution in [1.29, 1.82) is 0 Å². The Balaban J connectivity index is 2.18. The van der Waals surface area contributed by atoms with Crippen LogP contribution in [0.25, 0.3) is 11.1 Å². The Bertz CT molecular complexity index is 945. The molecule has 1 atom stereocenters. The van der Waals surface area contributed by atoms with Crippen LogP contribution in [0.4, 0.5) is 0 Å². The van der Waals surface area contributed by atoms with Gasteiger partial charge in [0.15, 0.2) is 0 Å². The molecule has 3 rings (SSSR count). The standard InChI is InChI=1S/C22H28N2O5/c1-22(2,3)18-10-16(15-6-5-7-23-20(15)26)17(11-19(18)28-4)21(27)24-8-9-29-14(12-24)13-25/h5-7,10-11,14,25H,8-9,12-13H2,1-4H3,(H,23,26). The lowest BCUT2D eigenvalue weighted by atomic mass is 9.83. The van der Waals surface area contributed by atoms with Crippen LogP contribution in [0.15, 0.2) is 35.3 Å². The van der Waals surface area contributed by atoms with E-state index in [9.17, 15) is 14.7 Å². The molecule has 7 nitrogen and oxygen atoms in total. The van der Waals surface area contributed by atoms with Crippen molar-refractivity contribution in [3.05, 3.63) is 51.9 Å². The molecule has 0 spiro atoms. The Kier molecular flexibility index (Phi) is 6.10. The van der Waals surface area contributed by atoms with E-state index in [4.69, 9.17) is 9.47 Å². The van der Waals surface area contributed by atoms with Gasteiger partial charge in [-0.05, 0) is 29.7 Å². The minimum absolute atomic E-state index is 0.152. The predicted molar refractivity (Wildman–Crippen MR) is 110 cm³/mol. The number of carbonyl (C=O) groups excluding carboxylic acids is 1. The zero-order chi connectivity index (χ0) is 21.2. The van der Waals surface area contributed by atoms with E-state index in [1.165, 1.54) is 0 Å². The molecule has 1 aromatic heterocycles. The number of nitrogens with zero attached hydrogens (tertiary/aromatic N) is 1. The van der Waals surface area contributed by atoms with Crippen LogP contribution in [-0.4, -0.2) is 60.4 Å². The monoisotopic (exact) mass is 400 g/mol. The number of amides is 1. The van der Waals surface area contributed by atoms with E-state index in [-0.39, 0.29) is 23.5 Å². The summed E-state index contributed by atoms with van der Waals surface area (Å²) in [7, 11) is 1.57.